The largest absolute Gasteiger partial charge is 0.326 e. The molecular weight excluding hydrogens is 341 g/mol. The Kier molecular flexibility index (Phi) is 6.10. The van der Waals surface area contributed by atoms with Gasteiger partial charge in [0.2, 0.25) is 5.91 Å². The second-order valence-corrected chi connectivity index (χ2v) is 6.30. The van der Waals surface area contributed by atoms with Gasteiger partial charge in [0.1, 0.15) is 5.82 Å². The van der Waals surface area contributed by atoms with Crippen LogP contribution in [0.15, 0.2) is 78.9 Å². The van der Waals surface area contributed by atoms with E-state index in [1.54, 1.807) is 0 Å². The SMILES string of the molecule is O=C(CCC(=O)c1ccc(F)cc1)Nc1ccccc1Cc1ccccc1. The lowest BCUT2D eigenvalue weighted by molar-refractivity contribution is -0.116. The second kappa shape index (κ2) is 8.90. The molecule has 3 rings (SSSR count). The third-order valence-electron chi connectivity index (χ3n) is 4.27. The van der Waals surface area contributed by atoms with Crippen LogP contribution >= 0.6 is 0 Å². The number of para-hydroxylation sites is 1. The van der Waals surface area contributed by atoms with Gasteiger partial charge in [-0.05, 0) is 47.9 Å². The molecule has 136 valence electrons. The lowest BCUT2D eigenvalue weighted by Crippen LogP contribution is -2.14. The second-order valence-electron chi connectivity index (χ2n) is 6.30. The number of rotatable bonds is 7. The van der Waals surface area contributed by atoms with E-state index in [0.717, 1.165) is 16.8 Å². The van der Waals surface area contributed by atoms with Gasteiger partial charge in [-0.1, -0.05) is 48.5 Å². The number of benzene rings is 3. The van der Waals surface area contributed by atoms with Gasteiger partial charge >= 0.3 is 0 Å². The highest BCUT2D eigenvalue weighted by Gasteiger charge is 2.11. The van der Waals surface area contributed by atoms with Crippen LogP contribution < -0.4 is 5.32 Å². The molecule has 0 spiro atoms. The maximum atomic E-state index is 12.9. The first-order chi connectivity index (χ1) is 13.1. The van der Waals surface area contributed by atoms with E-state index in [4.69, 9.17) is 0 Å². The predicted molar refractivity (Wildman–Crippen MR) is 104 cm³/mol. The van der Waals surface area contributed by atoms with E-state index in [1.807, 2.05) is 54.6 Å². The van der Waals surface area contributed by atoms with Crippen molar-refractivity contribution in [2.45, 2.75) is 19.3 Å². The molecule has 0 bridgehead atoms. The summed E-state index contributed by atoms with van der Waals surface area (Å²) in [5.74, 6) is -0.784. The average Bonchev–Trinajstić information content (AvgIpc) is 2.69. The Morgan fingerprint density at radius 1 is 0.778 bits per heavy atom. The zero-order valence-corrected chi connectivity index (χ0v) is 14.8. The van der Waals surface area contributed by atoms with Crippen molar-refractivity contribution in [1.82, 2.24) is 0 Å². The maximum absolute atomic E-state index is 12.9. The summed E-state index contributed by atoms with van der Waals surface area (Å²) in [6.07, 6.45) is 0.875. The predicted octanol–water partition coefficient (Wildman–Crippen LogP) is 5.02. The molecule has 27 heavy (non-hydrogen) atoms. The minimum atomic E-state index is -0.390. The van der Waals surface area contributed by atoms with Crippen LogP contribution in [0.2, 0.25) is 0 Å². The molecule has 0 saturated heterocycles. The summed E-state index contributed by atoms with van der Waals surface area (Å²) in [5.41, 5.74) is 3.34. The number of ketones is 1. The smallest absolute Gasteiger partial charge is 0.224 e. The Hall–Kier alpha value is -3.27. The van der Waals surface area contributed by atoms with Gasteiger partial charge in [-0.2, -0.15) is 0 Å². The van der Waals surface area contributed by atoms with Crippen molar-refractivity contribution >= 4 is 17.4 Å². The summed E-state index contributed by atoms with van der Waals surface area (Å²) in [6, 6.07) is 23.0. The van der Waals surface area contributed by atoms with Crippen molar-refractivity contribution in [2.24, 2.45) is 0 Å². The number of Topliss-reactive ketones (excluding diaryl/α,β-unsaturated/α-hetero) is 1. The first kappa shape index (κ1) is 18.5. The number of hydrogen-bond donors (Lipinski definition) is 1. The molecule has 0 atom stereocenters. The molecule has 3 aromatic carbocycles. The Morgan fingerprint density at radius 3 is 2.19 bits per heavy atom. The number of halogens is 1. The molecule has 0 heterocycles. The number of anilines is 1. The van der Waals surface area contributed by atoms with Gasteiger partial charge in [0.15, 0.2) is 5.78 Å². The van der Waals surface area contributed by atoms with Crippen LogP contribution in [0.3, 0.4) is 0 Å². The standard InChI is InChI=1S/C23H20FNO2/c24-20-12-10-18(11-13-20)22(26)14-15-23(27)25-21-9-5-4-8-19(21)16-17-6-2-1-3-7-17/h1-13H,14-16H2,(H,25,27). The van der Waals surface area contributed by atoms with E-state index >= 15 is 0 Å². The van der Waals surface area contributed by atoms with E-state index in [9.17, 15) is 14.0 Å². The molecular formula is C23H20FNO2. The lowest BCUT2D eigenvalue weighted by atomic mass is 10.0. The molecule has 1 amide bonds. The molecule has 0 aliphatic rings. The fourth-order valence-corrected chi connectivity index (χ4v) is 2.83. The lowest BCUT2D eigenvalue weighted by Gasteiger charge is -2.11. The van der Waals surface area contributed by atoms with Gasteiger partial charge in [0, 0.05) is 24.1 Å². The molecule has 1 N–H and O–H groups in total. The number of hydrogen-bond acceptors (Lipinski definition) is 2. The summed E-state index contributed by atoms with van der Waals surface area (Å²) in [5, 5.41) is 2.90. The Balaban J connectivity index is 1.59. The monoisotopic (exact) mass is 361 g/mol. The number of amides is 1. The zero-order valence-electron chi connectivity index (χ0n) is 14.8. The average molecular weight is 361 g/mol. The van der Waals surface area contributed by atoms with Crippen LogP contribution in [0, 0.1) is 5.82 Å². The van der Waals surface area contributed by atoms with Gasteiger partial charge in [-0.3, -0.25) is 9.59 Å². The van der Waals surface area contributed by atoms with Crippen LogP contribution in [-0.4, -0.2) is 11.7 Å². The van der Waals surface area contributed by atoms with Crippen molar-refractivity contribution < 1.29 is 14.0 Å². The fourth-order valence-electron chi connectivity index (χ4n) is 2.83. The highest BCUT2D eigenvalue weighted by molar-refractivity contribution is 6.00. The van der Waals surface area contributed by atoms with Crippen molar-refractivity contribution in [3.05, 3.63) is 101 Å². The molecule has 0 saturated carbocycles. The number of carbonyl (C=O) groups excluding carboxylic acids is 2. The van der Waals surface area contributed by atoms with Crippen molar-refractivity contribution in [3.63, 3.8) is 0 Å². The maximum Gasteiger partial charge on any atom is 0.224 e. The third kappa shape index (κ3) is 5.35. The van der Waals surface area contributed by atoms with Gasteiger partial charge < -0.3 is 5.32 Å². The van der Waals surface area contributed by atoms with Crippen molar-refractivity contribution in [3.8, 4) is 0 Å². The molecule has 0 unspecified atom stereocenters. The Bertz CT molecular complexity index is 921. The third-order valence-corrected chi connectivity index (χ3v) is 4.27. The summed E-state index contributed by atoms with van der Waals surface area (Å²) >= 11 is 0. The first-order valence-corrected chi connectivity index (χ1v) is 8.82. The summed E-state index contributed by atoms with van der Waals surface area (Å²) in [4.78, 5) is 24.4. The highest BCUT2D eigenvalue weighted by Crippen LogP contribution is 2.19. The minimum Gasteiger partial charge on any atom is -0.326 e. The van der Waals surface area contributed by atoms with Crippen LogP contribution in [-0.2, 0) is 11.2 Å². The minimum absolute atomic E-state index is 0.0792. The molecule has 3 nitrogen and oxygen atoms in total. The van der Waals surface area contributed by atoms with E-state index in [1.165, 1.54) is 24.3 Å². The molecule has 3 aromatic rings. The molecule has 0 radical (unpaired) electrons. The number of carbonyl (C=O) groups is 2. The Morgan fingerprint density at radius 2 is 1.44 bits per heavy atom. The summed E-state index contributed by atoms with van der Waals surface area (Å²) in [6.45, 7) is 0. The molecule has 4 heteroatoms. The van der Waals surface area contributed by atoms with E-state index < -0.39 is 0 Å². The summed E-state index contributed by atoms with van der Waals surface area (Å²) in [7, 11) is 0. The van der Waals surface area contributed by atoms with Crippen molar-refractivity contribution in [2.75, 3.05) is 5.32 Å². The molecule has 0 aliphatic heterocycles. The van der Waals surface area contributed by atoms with Crippen LogP contribution in [0.1, 0.15) is 34.3 Å². The normalized spacial score (nSPS) is 10.4. The summed E-state index contributed by atoms with van der Waals surface area (Å²) < 4.78 is 12.9. The first-order valence-electron chi connectivity index (χ1n) is 8.82. The van der Waals surface area contributed by atoms with Gasteiger partial charge in [0.05, 0.1) is 0 Å². The highest BCUT2D eigenvalue weighted by atomic mass is 19.1. The molecule has 0 aromatic heterocycles. The van der Waals surface area contributed by atoms with E-state index in [0.29, 0.717) is 12.0 Å². The quantitative estimate of drug-likeness (QED) is 0.601. The number of nitrogens with one attached hydrogen (secondary N) is 1. The van der Waals surface area contributed by atoms with Gasteiger partial charge in [-0.15, -0.1) is 0 Å². The van der Waals surface area contributed by atoms with Crippen LogP contribution in [0.5, 0.6) is 0 Å². The fraction of sp³-hybridized carbons (Fsp3) is 0.130. The van der Waals surface area contributed by atoms with E-state index in [2.05, 4.69) is 5.32 Å². The topological polar surface area (TPSA) is 46.2 Å². The Labute approximate surface area is 157 Å². The van der Waals surface area contributed by atoms with Gasteiger partial charge in [-0.25, -0.2) is 4.39 Å². The molecule has 0 fully saturated rings. The zero-order chi connectivity index (χ0) is 19.1. The van der Waals surface area contributed by atoms with Gasteiger partial charge in [0.25, 0.3) is 0 Å². The van der Waals surface area contributed by atoms with Crippen LogP contribution in [0.25, 0.3) is 0 Å². The molecule has 0 aliphatic carbocycles. The van der Waals surface area contributed by atoms with E-state index in [-0.39, 0.29) is 30.3 Å². The van der Waals surface area contributed by atoms with Crippen molar-refractivity contribution in [1.29, 1.82) is 0 Å². The van der Waals surface area contributed by atoms with Crippen LogP contribution in [0.4, 0.5) is 10.1 Å².